The Morgan fingerprint density at radius 3 is 2.79 bits per heavy atom. The lowest BCUT2D eigenvalue weighted by atomic mass is 9.78. The van der Waals surface area contributed by atoms with E-state index in [1.807, 2.05) is 11.0 Å². The molecule has 1 aromatic heterocycles. The van der Waals surface area contributed by atoms with Gasteiger partial charge in [0, 0.05) is 19.1 Å². The molecular weight excluding hydrogens is 392 g/mol. The van der Waals surface area contributed by atoms with E-state index in [4.69, 9.17) is 5.73 Å². The second-order valence-corrected chi connectivity index (χ2v) is 9.22. The lowest BCUT2D eigenvalue weighted by molar-refractivity contribution is 0.0783. The second kappa shape index (κ2) is 5.47. The molecule has 3 unspecified atom stereocenters. The number of hydrogen-bond donors (Lipinski definition) is 1. The predicted octanol–water partition coefficient (Wildman–Crippen LogP) is 3.47. The molecule has 0 spiro atoms. The van der Waals surface area contributed by atoms with E-state index in [1.165, 1.54) is 12.8 Å². The summed E-state index contributed by atoms with van der Waals surface area (Å²) < 4.78 is 1.89. The van der Waals surface area contributed by atoms with Gasteiger partial charge in [-0.3, -0.25) is 4.79 Å². The van der Waals surface area contributed by atoms with Crippen LogP contribution in [-0.4, -0.2) is 29.9 Å². The van der Waals surface area contributed by atoms with Gasteiger partial charge in [-0.1, -0.05) is 6.42 Å². The number of fused-ring (bicyclic) bond motifs is 1. The number of rotatable bonds is 1. The van der Waals surface area contributed by atoms with Gasteiger partial charge in [-0.25, -0.2) is 0 Å². The van der Waals surface area contributed by atoms with Gasteiger partial charge in [0.15, 0.2) is 0 Å². The van der Waals surface area contributed by atoms with Crippen molar-refractivity contribution in [3.8, 4) is 0 Å². The Labute approximate surface area is 133 Å². The molecule has 3 rings (SSSR count). The second-order valence-electron chi connectivity index (χ2n) is 5.47. The number of thiophene rings is 1. The smallest absolute Gasteiger partial charge is 0.255 e. The number of nitrogens with two attached hydrogens (primary N) is 1. The summed E-state index contributed by atoms with van der Waals surface area (Å²) in [7, 11) is 0. The van der Waals surface area contributed by atoms with Crippen molar-refractivity contribution in [3.63, 3.8) is 0 Å². The number of likely N-dealkylation sites (tertiary alicyclic amines) is 1. The summed E-state index contributed by atoms with van der Waals surface area (Å²) in [5, 5.41) is 0. The number of hydrogen-bond acceptors (Lipinski definition) is 3. The Balaban J connectivity index is 1.77. The first-order chi connectivity index (χ1) is 9.06. The molecule has 1 aliphatic heterocycles. The van der Waals surface area contributed by atoms with Gasteiger partial charge in [-0.05, 0) is 62.6 Å². The molecule has 1 aliphatic carbocycles. The summed E-state index contributed by atoms with van der Waals surface area (Å²) in [5.74, 6) is 1.24. The van der Waals surface area contributed by atoms with Crippen LogP contribution in [0.5, 0.6) is 0 Å². The first-order valence-corrected chi connectivity index (χ1v) is 8.96. The molecule has 0 radical (unpaired) electrons. The number of carbonyl (C=O) groups is 1. The lowest BCUT2D eigenvalue weighted by Crippen LogP contribution is -2.38. The van der Waals surface area contributed by atoms with Gasteiger partial charge in [0.25, 0.3) is 5.91 Å². The Morgan fingerprint density at radius 2 is 2.16 bits per heavy atom. The highest BCUT2D eigenvalue weighted by Crippen LogP contribution is 2.38. The minimum Gasteiger partial charge on any atom is -0.338 e. The summed E-state index contributed by atoms with van der Waals surface area (Å²) in [6.45, 7) is 1.70. The average Bonchev–Trinajstić information content (AvgIpc) is 2.93. The maximum atomic E-state index is 12.6. The number of halogens is 2. The molecule has 104 valence electrons. The summed E-state index contributed by atoms with van der Waals surface area (Å²) >= 11 is 8.44. The molecule has 1 saturated heterocycles. The van der Waals surface area contributed by atoms with Gasteiger partial charge in [0.2, 0.25) is 0 Å². The van der Waals surface area contributed by atoms with E-state index in [-0.39, 0.29) is 11.9 Å². The van der Waals surface area contributed by atoms with Gasteiger partial charge >= 0.3 is 0 Å². The van der Waals surface area contributed by atoms with E-state index in [1.54, 1.807) is 11.3 Å². The maximum Gasteiger partial charge on any atom is 0.255 e. The molecule has 0 aromatic carbocycles. The quantitative estimate of drug-likeness (QED) is 0.774. The molecule has 3 nitrogen and oxygen atoms in total. The van der Waals surface area contributed by atoms with Crippen LogP contribution in [0.1, 0.15) is 29.6 Å². The molecule has 2 aliphatic rings. The minimum absolute atomic E-state index is 0.135. The van der Waals surface area contributed by atoms with Crippen molar-refractivity contribution in [2.75, 3.05) is 13.1 Å². The molecule has 6 heteroatoms. The monoisotopic (exact) mass is 406 g/mol. The SMILES string of the molecule is NC1CCCC2CN(C(=O)c3cc(Br)sc3Br)CC12. The lowest BCUT2D eigenvalue weighted by Gasteiger charge is -2.29. The minimum atomic E-state index is 0.135. The van der Waals surface area contributed by atoms with E-state index in [0.29, 0.717) is 11.8 Å². The van der Waals surface area contributed by atoms with Gasteiger partial charge < -0.3 is 10.6 Å². The van der Waals surface area contributed by atoms with E-state index >= 15 is 0 Å². The summed E-state index contributed by atoms with van der Waals surface area (Å²) in [4.78, 5) is 14.6. The number of nitrogens with zero attached hydrogens (tertiary/aromatic N) is 1. The zero-order chi connectivity index (χ0) is 13.6. The average molecular weight is 408 g/mol. The normalized spacial score (nSPS) is 30.5. The van der Waals surface area contributed by atoms with Crippen molar-refractivity contribution in [1.82, 2.24) is 4.90 Å². The van der Waals surface area contributed by atoms with E-state index < -0.39 is 0 Å². The van der Waals surface area contributed by atoms with E-state index in [9.17, 15) is 4.79 Å². The third-order valence-electron chi connectivity index (χ3n) is 4.33. The number of amides is 1. The van der Waals surface area contributed by atoms with Crippen molar-refractivity contribution in [3.05, 3.63) is 19.2 Å². The van der Waals surface area contributed by atoms with Gasteiger partial charge in [-0.2, -0.15) is 0 Å². The molecule has 1 amide bonds. The molecule has 2 heterocycles. The Bertz CT molecular complexity index is 505. The van der Waals surface area contributed by atoms with Crippen LogP contribution in [0.4, 0.5) is 0 Å². The van der Waals surface area contributed by atoms with Gasteiger partial charge in [-0.15, -0.1) is 11.3 Å². The summed E-state index contributed by atoms with van der Waals surface area (Å²) in [5.41, 5.74) is 6.97. The molecule has 0 bridgehead atoms. The molecule has 3 atom stereocenters. The van der Waals surface area contributed by atoms with Crippen LogP contribution in [-0.2, 0) is 0 Å². The molecule has 2 N–H and O–H groups in total. The van der Waals surface area contributed by atoms with Gasteiger partial charge in [0.1, 0.15) is 0 Å². The van der Waals surface area contributed by atoms with Crippen molar-refractivity contribution >= 4 is 49.1 Å². The third kappa shape index (κ3) is 2.64. The van der Waals surface area contributed by atoms with Crippen molar-refractivity contribution in [2.45, 2.75) is 25.3 Å². The van der Waals surface area contributed by atoms with Crippen molar-refractivity contribution in [2.24, 2.45) is 17.6 Å². The number of carbonyl (C=O) groups excluding carboxylic acids is 1. The van der Waals surface area contributed by atoms with Crippen molar-refractivity contribution < 1.29 is 4.79 Å². The molecular formula is C13H16Br2N2OS. The van der Waals surface area contributed by atoms with Crippen LogP contribution in [0, 0.1) is 11.8 Å². The predicted molar refractivity (Wildman–Crippen MR) is 84.4 cm³/mol. The van der Waals surface area contributed by atoms with Crippen LogP contribution in [0.15, 0.2) is 13.6 Å². The standard InChI is InChI=1S/C13H16Br2N2OS/c14-11-4-8(12(15)19-11)13(18)17-5-7-2-1-3-10(16)9(7)6-17/h4,7,9-10H,1-3,5-6,16H2. The molecule has 1 saturated carbocycles. The highest BCUT2D eigenvalue weighted by atomic mass is 79.9. The third-order valence-corrected chi connectivity index (χ3v) is 6.67. The van der Waals surface area contributed by atoms with E-state index in [0.717, 1.165) is 32.6 Å². The Morgan fingerprint density at radius 1 is 1.37 bits per heavy atom. The van der Waals surface area contributed by atoms with Crippen LogP contribution >= 0.6 is 43.2 Å². The van der Waals surface area contributed by atoms with Crippen LogP contribution in [0.25, 0.3) is 0 Å². The van der Waals surface area contributed by atoms with Crippen LogP contribution in [0.3, 0.4) is 0 Å². The molecule has 19 heavy (non-hydrogen) atoms. The summed E-state index contributed by atoms with van der Waals surface area (Å²) in [6.07, 6.45) is 3.53. The van der Waals surface area contributed by atoms with Crippen LogP contribution in [0.2, 0.25) is 0 Å². The topological polar surface area (TPSA) is 46.3 Å². The first-order valence-electron chi connectivity index (χ1n) is 6.56. The fourth-order valence-corrected chi connectivity index (χ4v) is 6.12. The van der Waals surface area contributed by atoms with Crippen molar-refractivity contribution in [1.29, 1.82) is 0 Å². The highest BCUT2D eigenvalue weighted by molar-refractivity contribution is 9.12. The van der Waals surface area contributed by atoms with Crippen LogP contribution < -0.4 is 5.73 Å². The Hall–Kier alpha value is 0.0900. The summed E-state index contributed by atoms with van der Waals surface area (Å²) in [6, 6.07) is 2.17. The fraction of sp³-hybridized carbons (Fsp3) is 0.615. The fourth-order valence-electron chi connectivity index (χ4n) is 3.34. The Kier molecular flexibility index (Phi) is 4.04. The van der Waals surface area contributed by atoms with Gasteiger partial charge in [0.05, 0.1) is 13.1 Å². The maximum absolute atomic E-state index is 12.6. The van der Waals surface area contributed by atoms with E-state index in [2.05, 4.69) is 31.9 Å². The zero-order valence-electron chi connectivity index (χ0n) is 10.4. The molecule has 1 aromatic rings. The first kappa shape index (κ1) is 14.0. The largest absolute Gasteiger partial charge is 0.338 e. The zero-order valence-corrected chi connectivity index (χ0v) is 14.4. The highest BCUT2D eigenvalue weighted by Gasteiger charge is 2.40. The molecule has 2 fully saturated rings.